The summed E-state index contributed by atoms with van der Waals surface area (Å²) in [7, 11) is 0. The van der Waals surface area contributed by atoms with Gasteiger partial charge in [-0.2, -0.15) is 0 Å². The van der Waals surface area contributed by atoms with Gasteiger partial charge in [-0.3, -0.25) is 9.59 Å². The number of thioether (sulfide) groups is 1. The van der Waals surface area contributed by atoms with E-state index in [2.05, 4.69) is 5.32 Å². The molecule has 0 fully saturated rings. The van der Waals surface area contributed by atoms with E-state index < -0.39 is 0 Å². The lowest BCUT2D eigenvalue weighted by Crippen LogP contribution is -2.22. The summed E-state index contributed by atoms with van der Waals surface area (Å²) in [6.07, 6.45) is 1.87. The molecule has 0 aromatic heterocycles. The summed E-state index contributed by atoms with van der Waals surface area (Å²) in [6, 6.07) is 9.73. The number of carbonyl (C=O) groups excluding carboxylic acids is 2. The first kappa shape index (κ1) is 14.5. The van der Waals surface area contributed by atoms with Crippen molar-refractivity contribution in [3.63, 3.8) is 0 Å². The van der Waals surface area contributed by atoms with E-state index in [1.54, 1.807) is 6.92 Å². The highest BCUT2D eigenvalue weighted by Gasteiger charge is 2.05. The van der Waals surface area contributed by atoms with Crippen molar-refractivity contribution in [2.45, 2.75) is 13.8 Å². The Morgan fingerprint density at radius 3 is 2.50 bits per heavy atom. The van der Waals surface area contributed by atoms with E-state index in [1.165, 1.54) is 18.7 Å². The Labute approximate surface area is 112 Å². The molecule has 1 aromatic rings. The van der Waals surface area contributed by atoms with Crippen LogP contribution in [0.2, 0.25) is 0 Å². The number of carbonyl (C=O) groups is 2. The standard InChI is InChI=1S/C14H17NO2S/c1-11(10-13-6-4-3-5-7-13)14(17)18-9-8-15-12(2)16/h3-7,10H,8-9H2,1-2H3,(H,15,16)/b11-10+. The summed E-state index contributed by atoms with van der Waals surface area (Å²) in [5.74, 6) is 0.526. The Morgan fingerprint density at radius 2 is 1.89 bits per heavy atom. The van der Waals surface area contributed by atoms with Gasteiger partial charge in [-0.1, -0.05) is 42.1 Å². The van der Waals surface area contributed by atoms with Gasteiger partial charge in [-0.25, -0.2) is 0 Å². The number of hydrogen-bond acceptors (Lipinski definition) is 3. The Balaban J connectivity index is 2.42. The van der Waals surface area contributed by atoms with Gasteiger partial charge in [0.15, 0.2) is 0 Å². The highest BCUT2D eigenvalue weighted by Crippen LogP contribution is 2.13. The molecule has 1 N–H and O–H groups in total. The molecule has 96 valence electrons. The molecule has 0 atom stereocenters. The van der Waals surface area contributed by atoms with Crippen LogP contribution in [0, 0.1) is 0 Å². The lowest BCUT2D eigenvalue weighted by atomic mass is 10.1. The molecule has 0 aliphatic rings. The molecule has 18 heavy (non-hydrogen) atoms. The zero-order valence-corrected chi connectivity index (χ0v) is 11.4. The third-order valence-electron chi connectivity index (χ3n) is 2.21. The van der Waals surface area contributed by atoms with Crippen molar-refractivity contribution < 1.29 is 9.59 Å². The van der Waals surface area contributed by atoms with Crippen LogP contribution in [0.3, 0.4) is 0 Å². The molecule has 0 radical (unpaired) electrons. The molecule has 4 heteroatoms. The molecule has 3 nitrogen and oxygen atoms in total. The third kappa shape index (κ3) is 5.68. The van der Waals surface area contributed by atoms with Crippen molar-refractivity contribution in [2.75, 3.05) is 12.3 Å². The van der Waals surface area contributed by atoms with Crippen molar-refractivity contribution in [1.82, 2.24) is 5.32 Å². The Kier molecular flexibility index (Phi) is 6.22. The zero-order chi connectivity index (χ0) is 13.4. The maximum Gasteiger partial charge on any atom is 0.216 e. The van der Waals surface area contributed by atoms with Crippen LogP contribution in [-0.2, 0) is 9.59 Å². The topological polar surface area (TPSA) is 46.2 Å². The first-order valence-electron chi connectivity index (χ1n) is 5.74. The lowest BCUT2D eigenvalue weighted by molar-refractivity contribution is -0.118. The zero-order valence-electron chi connectivity index (χ0n) is 10.6. The molecular weight excluding hydrogens is 246 g/mol. The molecule has 0 aliphatic carbocycles. The second kappa shape index (κ2) is 7.71. The SMILES string of the molecule is CC(=O)NCCSC(=O)/C(C)=C/c1ccccc1. The van der Waals surface area contributed by atoms with Crippen LogP contribution in [-0.4, -0.2) is 23.3 Å². The number of hydrogen-bond donors (Lipinski definition) is 1. The van der Waals surface area contributed by atoms with Crippen LogP contribution >= 0.6 is 11.8 Å². The summed E-state index contributed by atoms with van der Waals surface area (Å²) < 4.78 is 0. The minimum Gasteiger partial charge on any atom is -0.356 e. The van der Waals surface area contributed by atoms with Gasteiger partial charge in [0.1, 0.15) is 0 Å². The van der Waals surface area contributed by atoms with Gasteiger partial charge < -0.3 is 5.32 Å². The van der Waals surface area contributed by atoms with E-state index in [1.807, 2.05) is 36.4 Å². The molecule has 1 amide bonds. The van der Waals surface area contributed by atoms with E-state index in [4.69, 9.17) is 0 Å². The van der Waals surface area contributed by atoms with Crippen molar-refractivity contribution >= 4 is 28.9 Å². The minimum atomic E-state index is -0.0698. The largest absolute Gasteiger partial charge is 0.356 e. The predicted molar refractivity (Wildman–Crippen MR) is 76.2 cm³/mol. The fourth-order valence-electron chi connectivity index (χ4n) is 1.34. The molecule has 0 bridgehead atoms. The van der Waals surface area contributed by atoms with Crippen molar-refractivity contribution in [3.05, 3.63) is 41.5 Å². The fourth-order valence-corrected chi connectivity index (χ4v) is 2.02. The van der Waals surface area contributed by atoms with Gasteiger partial charge in [0.2, 0.25) is 11.0 Å². The van der Waals surface area contributed by atoms with E-state index in [0.29, 0.717) is 17.9 Å². The molecule has 1 rings (SSSR count). The number of rotatable bonds is 5. The van der Waals surface area contributed by atoms with Gasteiger partial charge in [0.05, 0.1) is 0 Å². The Bertz CT molecular complexity index is 440. The summed E-state index contributed by atoms with van der Waals surface area (Å²) in [6.45, 7) is 3.79. The highest BCUT2D eigenvalue weighted by molar-refractivity contribution is 8.14. The summed E-state index contributed by atoms with van der Waals surface area (Å²) >= 11 is 1.22. The van der Waals surface area contributed by atoms with Crippen LogP contribution in [0.5, 0.6) is 0 Å². The Hall–Kier alpha value is -1.55. The Morgan fingerprint density at radius 1 is 1.22 bits per heavy atom. The molecule has 0 saturated heterocycles. The van der Waals surface area contributed by atoms with Gasteiger partial charge >= 0.3 is 0 Å². The smallest absolute Gasteiger partial charge is 0.216 e. The van der Waals surface area contributed by atoms with Crippen LogP contribution in [0.1, 0.15) is 19.4 Å². The van der Waals surface area contributed by atoms with E-state index in [-0.39, 0.29) is 11.0 Å². The molecule has 0 aliphatic heterocycles. The second-order valence-corrected chi connectivity index (χ2v) is 4.92. The van der Waals surface area contributed by atoms with Crippen molar-refractivity contribution in [2.24, 2.45) is 0 Å². The minimum absolute atomic E-state index is 0.0456. The quantitative estimate of drug-likeness (QED) is 0.656. The molecule has 1 aromatic carbocycles. The van der Waals surface area contributed by atoms with Crippen LogP contribution in [0.25, 0.3) is 6.08 Å². The van der Waals surface area contributed by atoms with Crippen LogP contribution in [0.4, 0.5) is 0 Å². The van der Waals surface area contributed by atoms with Gasteiger partial charge in [0.25, 0.3) is 0 Å². The maximum atomic E-state index is 11.8. The van der Waals surface area contributed by atoms with E-state index >= 15 is 0 Å². The van der Waals surface area contributed by atoms with Crippen molar-refractivity contribution in [1.29, 1.82) is 0 Å². The second-order valence-electron chi connectivity index (χ2n) is 3.86. The van der Waals surface area contributed by atoms with Crippen LogP contribution < -0.4 is 5.32 Å². The van der Waals surface area contributed by atoms with E-state index in [9.17, 15) is 9.59 Å². The van der Waals surface area contributed by atoms with Gasteiger partial charge in [-0.15, -0.1) is 0 Å². The monoisotopic (exact) mass is 263 g/mol. The molecule has 0 spiro atoms. The average Bonchev–Trinajstić information content (AvgIpc) is 2.35. The van der Waals surface area contributed by atoms with E-state index in [0.717, 1.165) is 5.56 Å². The number of nitrogens with one attached hydrogen (secondary N) is 1. The maximum absolute atomic E-state index is 11.8. The number of benzene rings is 1. The lowest BCUT2D eigenvalue weighted by Gasteiger charge is -2.02. The molecule has 0 saturated carbocycles. The third-order valence-corrected chi connectivity index (χ3v) is 3.21. The normalized spacial score (nSPS) is 11.1. The molecule has 0 heterocycles. The highest BCUT2D eigenvalue weighted by atomic mass is 32.2. The van der Waals surface area contributed by atoms with Gasteiger partial charge in [0, 0.05) is 24.8 Å². The molecular formula is C14H17NO2S. The number of amides is 1. The van der Waals surface area contributed by atoms with Gasteiger partial charge in [-0.05, 0) is 18.6 Å². The predicted octanol–water partition coefficient (Wildman–Crippen LogP) is 2.49. The summed E-state index contributed by atoms with van der Waals surface area (Å²) in [4.78, 5) is 22.4. The van der Waals surface area contributed by atoms with Crippen molar-refractivity contribution in [3.8, 4) is 0 Å². The average molecular weight is 263 g/mol. The first-order chi connectivity index (χ1) is 8.59. The summed E-state index contributed by atoms with van der Waals surface area (Å²) in [5.41, 5.74) is 1.74. The fraction of sp³-hybridized carbons (Fsp3) is 0.286. The molecule has 0 unspecified atom stereocenters. The van der Waals surface area contributed by atoms with Crippen LogP contribution in [0.15, 0.2) is 35.9 Å². The first-order valence-corrected chi connectivity index (χ1v) is 6.73. The summed E-state index contributed by atoms with van der Waals surface area (Å²) in [5, 5.41) is 2.70.